The van der Waals surface area contributed by atoms with Gasteiger partial charge in [0.25, 0.3) is 0 Å². The van der Waals surface area contributed by atoms with Gasteiger partial charge >= 0.3 is 0 Å². The Morgan fingerprint density at radius 1 is 0.857 bits per heavy atom. The molecule has 3 aromatic rings. The Labute approximate surface area is 133 Å². The van der Waals surface area contributed by atoms with Crippen molar-refractivity contribution < 1.29 is 4.74 Å². The summed E-state index contributed by atoms with van der Waals surface area (Å²) in [6, 6.07) is 18.8. The molecule has 0 radical (unpaired) electrons. The van der Waals surface area contributed by atoms with Crippen molar-refractivity contribution in [2.24, 2.45) is 0 Å². The number of halogens is 1. The van der Waals surface area contributed by atoms with Crippen molar-refractivity contribution in [1.82, 2.24) is 0 Å². The molecule has 0 aliphatic carbocycles. The van der Waals surface area contributed by atoms with Gasteiger partial charge in [-0.05, 0) is 63.3 Å². The molecule has 3 aromatic carbocycles. The molecule has 0 atom stereocenters. The molecule has 2 heteroatoms. The topological polar surface area (TPSA) is 9.23 Å². The maximum absolute atomic E-state index is 6.05. The van der Waals surface area contributed by atoms with Gasteiger partial charge in [0.15, 0.2) is 0 Å². The predicted octanol–water partition coefficient (Wildman–Crippen LogP) is 5.80. The second kappa shape index (κ2) is 5.90. The van der Waals surface area contributed by atoms with E-state index >= 15 is 0 Å². The lowest BCUT2D eigenvalue weighted by Crippen LogP contribution is -2.01. The molecule has 0 N–H and O–H groups in total. The molecular formula is C19H17BrO. The first kappa shape index (κ1) is 14.2. The summed E-state index contributed by atoms with van der Waals surface area (Å²) < 4.78 is 7.07. The molecule has 0 aromatic heterocycles. The van der Waals surface area contributed by atoms with Gasteiger partial charge in [0, 0.05) is 0 Å². The lowest BCUT2D eigenvalue weighted by Gasteiger charge is -2.13. The Hall–Kier alpha value is -1.80. The number of hydrogen-bond donors (Lipinski definition) is 0. The Morgan fingerprint density at radius 3 is 2.33 bits per heavy atom. The first-order chi connectivity index (χ1) is 10.2. The summed E-state index contributed by atoms with van der Waals surface area (Å²) in [4.78, 5) is 0. The zero-order chi connectivity index (χ0) is 14.8. The van der Waals surface area contributed by atoms with E-state index in [-0.39, 0.29) is 0 Å². The molecule has 0 saturated carbocycles. The molecule has 0 bridgehead atoms. The smallest absolute Gasteiger partial charge is 0.134 e. The fraction of sp³-hybridized carbons (Fsp3) is 0.158. The van der Waals surface area contributed by atoms with Gasteiger partial charge in [0.2, 0.25) is 0 Å². The quantitative estimate of drug-likeness (QED) is 0.585. The van der Waals surface area contributed by atoms with Crippen LogP contribution in [0.4, 0.5) is 0 Å². The summed E-state index contributed by atoms with van der Waals surface area (Å²) in [5.74, 6) is 0.886. The van der Waals surface area contributed by atoms with E-state index in [1.54, 1.807) is 0 Å². The number of rotatable bonds is 3. The van der Waals surface area contributed by atoms with Gasteiger partial charge in [-0.3, -0.25) is 0 Å². The van der Waals surface area contributed by atoms with Gasteiger partial charge in [-0.1, -0.05) is 48.5 Å². The van der Waals surface area contributed by atoms with E-state index in [0.717, 1.165) is 10.2 Å². The zero-order valence-corrected chi connectivity index (χ0v) is 13.8. The minimum Gasteiger partial charge on any atom is -0.488 e. The molecule has 3 rings (SSSR count). The van der Waals surface area contributed by atoms with E-state index in [1.165, 1.54) is 27.5 Å². The van der Waals surface area contributed by atoms with Crippen LogP contribution in [0, 0.1) is 13.8 Å². The van der Waals surface area contributed by atoms with Crippen molar-refractivity contribution in [1.29, 1.82) is 0 Å². The molecule has 0 fully saturated rings. The van der Waals surface area contributed by atoms with E-state index in [2.05, 4.69) is 66.2 Å². The molecule has 0 unspecified atom stereocenters. The largest absolute Gasteiger partial charge is 0.488 e. The molecule has 0 spiro atoms. The van der Waals surface area contributed by atoms with Gasteiger partial charge in [-0.15, -0.1) is 0 Å². The standard InChI is InChI=1S/C19H17BrO/c1-13-6-5-7-14(2)17(13)12-21-18-11-10-15-8-3-4-9-16(15)19(18)20/h3-11H,12H2,1-2H3. The fourth-order valence-corrected chi connectivity index (χ4v) is 3.16. The number of benzene rings is 3. The average Bonchev–Trinajstić information content (AvgIpc) is 2.49. The summed E-state index contributed by atoms with van der Waals surface area (Å²) in [5, 5.41) is 2.39. The fourth-order valence-electron chi connectivity index (χ4n) is 2.55. The monoisotopic (exact) mass is 340 g/mol. The first-order valence-electron chi connectivity index (χ1n) is 7.02. The number of aryl methyl sites for hydroxylation is 2. The van der Waals surface area contributed by atoms with E-state index in [0.29, 0.717) is 6.61 Å². The zero-order valence-electron chi connectivity index (χ0n) is 12.2. The predicted molar refractivity (Wildman–Crippen MR) is 91.9 cm³/mol. The third-order valence-electron chi connectivity index (χ3n) is 3.84. The molecule has 1 nitrogen and oxygen atoms in total. The minimum absolute atomic E-state index is 0.593. The Kier molecular flexibility index (Phi) is 3.98. The van der Waals surface area contributed by atoms with Crippen LogP contribution < -0.4 is 4.74 Å². The van der Waals surface area contributed by atoms with Crippen LogP contribution in [-0.2, 0) is 6.61 Å². The highest BCUT2D eigenvalue weighted by atomic mass is 79.9. The average molecular weight is 341 g/mol. The van der Waals surface area contributed by atoms with E-state index in [4.69, 9.17) is 4.74 Å². The van der Waals surface area contributed by atoms with Crippen molar-refractivity contribution in [2.45, 2.75) is 20.5 Å². The van der Waals surface area contributed by atoms with Gasteiger partial charge in [0.05, 0.1) is 4.47 Å². The van der Waals surface area contributed by atoms with E-state index in [9.17, 15) is 0 Å². The Balaban J connectivity index is 1.91. The van der Waals surface area contributed by atoms with E-state index in [1.807, 2.05) is 18.2 Å². The molecular weight excluding hydrogens is 324 g/mol. The maximum Gasteiger partial charge on any atom is 0.134 e. The second-order valence-corrected chi connectivity index (χ2v) is 6.05. The van der Waals surface area contributed by atoms with Gasteiger partial charge in [-0.25, -0.2) is 0 Å². The van der Waals surface area contributed by atoms with Crippen LogP contribution in [0.5, 0.6) is 5.75 Å². The van der Waals surface area contributed by atoms with Crippen LogP contribution in [0.3, 0.4) is 0 Å². The van der Waals surface area contributed by atoms with Crippen LogP contribution in [0.2, 0.25) is 0 Å². The highest BCUT2D eigenvalue weighted by Gasteiger charge is 2.08. The second-order valence-electron chi connectivity index (χ2n) is 5.26. The number of fused-ring (bicyclic) bond motifs is 1. The summed E-state index contributed by atoms with van der Waals surface area (Å²) in [6.07, 6.45) is 0. The number of ether oxygens (including phenoxy) is 1. The Morgan fingerprint density at radius 2 is 1.57 bits per heavy atom. The molecule has 0 heterocycles. The summed E-state index contributed by atoms with van der Waals surface area (Å²) in [6.45, 7) is 4.84. The molecule has 0 aliphatic heterocycles. The highest BCUT2D eigenvalue weighted by Crippen LogP contribution is 2.33. The third-order valence-corrected chi connectivity index (χ3v) is 4.66. The van der Waals surface area contributed by atoms with Gasteiger partial charge in [-0.2, -0.15) is 0 Å². The molecule has 0 aliphatic rings. The SMILES string of the molecule is Cc1cccc(C)c1COc1ccc2ccccc2c1Br. The minimum atomic E-state index is 0.593. The molecule has 106 valence electrons. The lowest BCUT2D eigenvalue weighted by atomic mass is 10.0. The van der Waals surface area contributed by atoms with Gasteiger partial charge in [0.1, 0.15) is 12.4 Å². The van der Waals surface area contributed by atoms with Crippen LogP contribution in [0.1, 0.15) is 16.7 Å². The van der Waals surface area contributed by atoms with Crippen molar-refractivity contribution >= 4 is 26.7 Å². The molecule has 0 amide bonds. The highest BCUT2D eigenvalue weighted by molar-refractivity contribution is 9.10. The molecule has 0 saturated heterocycles. The maximum atomic E-state index is 6.05. The summed E-state index contributed by atoms with van der Waals surface area (Å²) >= 11 is 3.67. The van der Waals surface area contributed by atoms with Crippen molar-refractivity contribution in [3.8, 4) is 5.75 Å². The first-order valence-corrected chi connectivity index (χ1v) is 7.81. The van der Waals surface area contributed by atoms with Crippen LogP contribution in [0.25, 0.3) is 10.8 Å². The van der Waals surface area contributed by atoms with Crippen LogP contribution >= 0.6 is 15.9 Å². The van der Waals surface area contributed by atoms with Crippen LogP contribution in [-0.4, -0.2) is 0 Å². The summed E-state index contributed by atoms with van der Waals surface area (Å²) in [7, 11) is 0. The van der Waals surface area contributed by atoms with Crippen molar-refractivity contribution in [3.05, 3.63) is 75.8 Å². The van der Waals surface area contributed by atoms with Crippen molar-refractivity contribution in [3.63, 3.8) is 0 Å². The molecule has 21 heavy (non-hydrogen) atoms. The summed E-state index contributed by atoms with van der Waals surface area (Å²) in [5.41, 5.74) is 3.80. The third kappa shape index (κ3) is 2.81. The van der Waals surface area contributed by atoms with Crippen LogP contribution in [0.15, 0.2) is 59.1 Å². The normalized spacial score (nSPS) is 10.8. The van der Waals surface area contributed by atoms with E-state index < -0.39 is 0 Å². The van der Waals surface area contributed by atoms with Gasteiger partial charge < -0.3 is 4.74 Å². The Bertz CT molecular complexity index is 772. The van der Waals surface area contributed by atoms with Crippen molar-refractivity contribution in [2.75, 3.05) is 0 Å². The number of hydrogen-bond acceptors (Lipinski definition) is 1. The lowest BCUT2D eigenvalue weighted by molar-refractivity contribution is 0.303.